The number of hydrogen-bond acceptors (Lipinski definition) is 5. The number of rotatable bonds is 6. The molecule has 35 heavy (non-hydrogen) atoms. The lowest BCUT2D eigenvalue weighted by Crippen LogP contribution is -2.37. The van der Waals surface area contributed by atoms with Crippen molar-refractivity contribution in [1.82, 2.24) is 4.90 Å². The van der Waals surface area contributed by atoms with Gasteiger partial charge in [0.25, 0.3) is 5.91 Å². The molecule has 0 aliphatic carbocycles. The van der Waals surface area contributed by atoms with Gasteiger partial charge >= 0.3 is 6.03 Å². The summed E-state index contributed by atoms with van der Waals surface area (Å²) in [7, 11) is 0. The van der Waals surface area contributed by atoms with Crippen LogP contribution in [0, 0.1) is 11.6 Å². The summed E-state index contributed by atoms with van der Waals surface area (Å²) in [5.41, 5.74) is 1.21. The van der Waals surface area contributed by atoms with Crippen molar-refractivity contribution in [2.24, 2.45) is 0 Å². The number of anilines is 2. The first kappa shape index (κ1) is 22.3. The van der Waals surface area contributed by atoms with Crippen LogP contribution in [0.5, 0.6) is 11.5 Å². The van der Waals surface area contributed by atoms with Gasteiger partial charge in [0.05, 0.1) is 12.1 Å². The largest absolute Gasteiger partial charge is 0.454 e. The summed E-state index contributed by atoms with van der Waals surface area (Å²) in [5.74, 6) is -1.03. The van der Waals surface area contributed by atoms with Gasteiger partial charge in [-0.3, -0.25) is 9.59 Å². The molecule has 1 saturated heterocycles. The smallest absolute Gasteiger partial charge is 0.332 e. The zero-order chi connectivity index (χ0) is 24.5. The van der Waals surface area contributed by atoms with Crippen LogP contribution < -0.4 is 19.7 Å². The van der Waals surface area contributed by atoms with Gasteiger partial charge < -0.3 is 19.7 Å². The molecule has 1 atom stereocenters. The number of nitrogens with one attached hydrogen (secondary N) is 1. The third kappa shape index (κ3) is 4.50. The van der Waals surface area contributed by atoms with Gasteiger partial charge in [0.2, 0.25) is 12.7 Å². The van der Waals surface area contributed by atoms with Crippen molar-refractivity contribution in [3.8, 4) is 11.5 Å². The molecule has 1 fully saturated rings. The molecule has 8 nitrogen and oxygen atoms in total. The zero-order valence-electron chi connectivity index (χ0n) is 18.2. The predicted octanol–water partition coefficient (Wildman–Crippen LogP) is 4.06. The van der Waals surface area contributed by atoms with Crippen molar-refractivity contribution in [1.29, 1.82) is 0 Å². The molecule has 0 spiro atoms. The molecule has 3 aromatic rings. The maximum absolute atomic E-state index is 13.4. The number of urea groups is 1. The number of fused-ring (bicyclic) bond motifs is 1. The van der Waals surface area contributed by atoms with Crippen molar-refractivity contribution < 1.29 is 32.6 Å². The summed E-state index contributed by atoms with van der Waals surface area (Å²) >= 11 is 0. The van der Waals surface area contributed by atoms with E-state index in [0.717, 1.165) is 17.0 Å². The zero-order valence-corrected chi connectivity index (χ0v) is 18.2. The van der Waals surface area contributed by atoms with Crippen molar-refractivity contribution >= 4 is 29.2 Å². The van der Waals surface area contributed by atoms with Crippen LogP contribution >= 0.6 is 0 Å². The lowest BCUT2D eigenvalue weighted by molar-refractivity contribution is -0.124. The fourth-order valence-electron chi connectivity index (χ4n) is 4.00. The van der Waals surface area contributed by atoms with E-state index >= 15 is 0 Å². The van der Waals surface area contributed by atoms with Crippen molar-refractivity contribution in [3.63, 3.8) is 0 Å². The maximum atomic E-state index is 13.4. The van der Waals surface area contributed by atoms with Gasteiger partial charge in [-0.1, -0.05) is 6.07 Å². The first-order valence-corrected chi connectivity index (χ1v) is 10.7. The summed E-state index contributed by atoms with van der Waals surface area (Å²) < 4.78 is 37.3. The van der Waals surface area contributed by atoms with Crippen LogP contribution in [-0.2, 0) is 16.1 Å². The Hall–Kier alpha value is -4.47. The predicted molar refractivity (Wildman–Crippen MR) is 121 cm³/mol. The van der Waals surface area contributed by atoms with E-state index in [1.807, 2.05) is 0 Å². The van der Waals surface area contributed by atoms with Gasteiger partial charge in [0.15, 0.2) is 11.5 Å². The Kier molecular flexibility index (Phi) is 5.77. The first-order valence-electron chi connectivity index (χ1n) is 10.7. The quantitative estimate of drug-likeness (QED) is 0.539. The fraction of sp³-hybridized carbons (Fsp3) is 0.160. The number of ether oxygens (including phenoxy) is 2. The van der Waals surface area contributed by atoms with Crippen molar-refractivity contribution in [2.75, 3.05) is 17.0 Å². The van der Waals surface area contributed by atoms with Gasteiger partial charge in [-0.15, -0.1) is 0 Å². The van der Waals surface area contributed by atoms with E-state index in [4.69, 9.17) is 9.47 Å². The average molecular weight is 479 g/mol. The Balaban J connectivity index is 1.41. The number of amides is 4. The number of imide groups is 1. The number of hydrogen-bond donors (Lipinski definition) is 1. The molecule has 178 valence electrons. The van der Waals surface area contributed by atoms with Crippen LogP contribution in [0.1, 0.15) is 12.0 Å². The number of carbonyl (C=O) groups excluding carboxylic acids is 3. The average Bonchev–Trinajstić information content (AvgIpc) is 3.39. The number of halogens is 2. The van der Waals surface area contributed by atoms with E-state index in [-0.39, 0.29) is 25.4 Å². The molecule has 2 aliphatic heterocycles. The standard InChI is InChI=1S/C25H19F2N3O5/c26-16-2-6-18(7-3-16)28-23(31)12-20-24(32)30(19-8-4-17(27)5-9-19)25(33)29(20)13-15-1-10-21-22(11-15)35-14-34-21/h1-11,20H,12-14H2,(H,28,31)/t20-/m1/s1. The molecule has 3 aromatic carbocycles. The Morgan fingerprint density at radius 1 is 0.914 bits per heavy atom. The topological polar surface area (TPSA) is 88.2 Å². The van der Waals surface area contributed by atoms with E-state index in [1.165, 1.54) is 41.3 Å². The molecule has 0 unspecified atom stereocenters. The number of nitrogens with zero attached hydrogens (tertiary/aromatic N) is 2. The van der Waals surface area contributed by atoms with E-state index in [0.29, 0.717) is 22.7 Å². The molecule has 0 bridgehead atoms. The number of carbonyl (C=O) groups is 3. The Morgan fingerprint density at radius 3 is 2.29 bits per heavy atom. The molecule has 1 N–H and O–H groups in total. The van der Waals surface area contributed by atoms with Crippen molar-refractivity contribution in [2.45, 2.75) is 19.0 Å². The fourth-order valence-corrected chi connectivity index (χ4v) is 4.00. The summed E-state index contributed by atoms with van der Waals surface area (Å²) in [5, 5.41) is 2.61. The molecule has 2 heterocycles. The third-order valence-electron chi connectivity index (χ3n) is 5.70. The lowest BCUT2D eigenvalue weighted by atomic mass is 10.1. The van der Waals surface area contributed by atoms with E-state index in [2.05, 4.69) is 5.32 Å². The second-order valence-corrected chi connectivity index (χ2v) is 8.02. The highest BCUT2D eigenvalue weighted by atomic mass is 19.1. The molecular weight excluding hydrogens is 460 g/mol. The maximum Gasteiger partial charge on any atom is 0.332 e. The van der Waals surface area contributed by atoms with Gasteiger partial charge in [-0.2, -0.15) is 0 Å². The molecule has 0 saturated carbocycles. The van der Waals surface area contributed by atoms with Gasteiger partial charge in [0, 0.05) is 12.2 Å². The van der Waals surface area contributed by atoms with Gasteiger partial charge in [-0.25, -0.2) is 18.5 Å². The molecule has 0 radical (unpaired) electrons. The second-order valence-electron chi connectivity index (χ2n) is 8.02. The Labute approximate surface area is 198 Å². The minimum Gasteiger partial charge on any atom is -0.454 e. The molecule has 2 aliphatic rings. The van der Waals surface area contributed by atoms with Crippen LogP contribution in [0.4, 0.5) is 25.0 Å². The molecular formula is C25H19F2N3O5. The molecule has 10 heteroatoms. The Morgan fingerprint density at radius 2 is 1.57 bits per heavy atom. The van der Waals surface area contributed by atoms with Crippen LogP contribution in [0.3, 0.4) is 0 Å². The van der Waals surface area contributed by atoms with Gasteiger partial charge in [-0.05, 0) is 66.2 Å². The molecule has 5 rings (SSSR count). The third-order valence-corrected chi connectivity index (χ3v) is 5.70. The first-order chi connectivity index (χ1) is 16.9. The lowest BCUT2D eigenvalue weighted by Gasteiger charge is -2.22. The summed E-state index contributed by atoms with van der Waals surface area (Å²) in [4.78, 5) is 41.6. The minimum absolute atomic E-state index is 0.0212. The van der Waals surface area contributed by atoms with Crippen LogP contribution in [-0.4, -0.2) is 35.6 Å². The normalized spacial score (nSPS) is 16.7. The van der Waals surface area contributed by atoms with Crippen LogP contribution in [0.2, 0.25) is 0 Å². The summed E-state index contributed by atoms with van der Waals surface area (Å²) in [6.07, 6.45) is -0.329. The van der Waals surface area contributed by atoms with Crippen LogP contribution in [0.25, 0.3) is 0 Å². The SMILES string of the molecule is O=C(C[C@@H]1C(=O)N(c2ccc(F)cc2)C(=O)N1Cc1ccc2c(c1)OCO2)Nc1ccc(F)cc1. The highest BCUT2D eigenvalue weighted by molar-refractivity contribution is 6.22. The monoisotopic (exact) mass is 479 g/mol. The van der Waals surface area contributed by atoms with Crippen LogP contribution in [0.15, 0.2) is 66.7 Å². The van der Waals surface area contributed by atoms with Crippen molar-refractivity contribution in [3.05, 3.63) is 83.9 Å². The second kappa shape index (κ2) is 9.05. The van der Waals surface area contributed by atoms with E-state index in [1.54, 1.807) is 18.2 Å². The minimum atomic E-state index is -1.11. The van der Waals surface area contributed by atoms with Gasteiger partial charge in [0.1, 0.15) is 17.7 Å². The van der Waals surface area contributed by atoms with E-state index < -0.39 is 35.5 Å². The Bertz CT molecular complexity index is 1300. The summed E-state index contributed by atoms with van der Waals surface area (Å²) in [6.45, 7) is 0.109. The molecule has 0 aromatic heterocycles. The highest BCUT2D eigenvalue weighted by Gasteiger charge is 2.46. The number of benzene rings is 3. The summed E-state index contributed by atoms with van der Waals surface area (Å²) in [6, 6.07) is 13.5. The van der Waals surface area contributed by atoms with E-state index in [9.17, 15) is 23.2 Å². The highest BCUT2D eigenvalue weighted by Crippen LogP contribution is 2.34. The molecule has 4 amide bonds.